The van der Waals surface area contributed by atoms with Crippen LogP contribution < -0.4 is 15.4 Å². The first-order chi connectivity index (χ1) is 9.67. The summed E-state index contributed by atoms with van der Waals surface area (Å²) >= 11 is 0. The van der Waals surface area contributed by atoms with E-state index >= 15 is 0 Å². The lowest BCUT2D eigenvalue weighted by molar-refractivity contribution is -0.123. The van der Waals surface area contributed by atoms with Gasteiger partial charge in [-0.05, 0) is 24.2 Å². The second-order valence-corrected chi connectivity index (χ2v) is 4.09. The third-order valence-corrected chi connectivity index (χ3v) is 2.49. The lowest BCUT2D eigenvalue weighted by Gasteiger charge is -2.09. The van der Waals surface area contributed by atoms with Crippen molar-refractivity contribution in [3.05, 3.63) is 29.6 Å². The molecule has 0 aromatic heterocycles. The number of amides is 1. The summed E-state index contributed by atoms with van der Waals surface area (Å²) in [6.07, 6.45) is 0.235. The smallest absolute Gasteiger partial charge is 0.257 e. The van der Waals surface area contributed by atoms with E-state index in [9.17, 15) is 9.18 Å². The van der Waals surface area contributed by atoms with Crippen molar-refractivity contribution in [2.24, 2.45) is 0 Å². The number of hydrogen-bond donors (Lipinski definition) is 2. The van der Waals surface area contributed by atoms with Gasteiger partial charge in [-0.25, -0.2) is 4.39 Å². The maximum atomic E-state index is 13.7. The van der Waals surface area contributed by atoms with Crippen molar-refractivity contribution in [3.8, 4) is 11.8 Å². The van der Waals surface area contributed by atoms with E-state index in [1.165, 1.54) is 12.1 Å². The lowest BCUT2D eigenvalue weighted by atomic mass is 10.2. The van der Waals surface area contributed by atoms with Gasteiger partial charge in [-0.3, -0.25) is 4.79 Å². The minimum atomic E-state index is -0.495. The number of carbonyl (C=O) groups excluding carboxylic acids is 1. The Bertz CT molecular complexity index is 486. The van der Waals surface area contributed by atoms with Crippen LogP contribution in [0, 0.1) is 17.1 Å². The quantitative estimate of drug-likeness (QED) is 0.704. The number of hydrogen-bond acceptors (Lipinski definition) is 4. The number of carbonyl (C=O) groups is 1. The average Bonchev–Trinajstić information content (AvgIpc) is 2.44. The predicted molar refractivity (Wildman–Crippen MR) is 72.5 cm³/mol. The normalized spacial score (nSPS) is 9.85. The first-order valence-electron chi connectivity index (χ1n) is 6.43. The van der Waals surface area contributed by atoms with Crippen LogP contribution >= 0.6 is 0 Å². The molecule has 1 amide bonds. The summed E-state index contributed by atoms with van der Waals surface area (Å²) in [4.78, 5) is 11.3. The van der Waals surface area contributed by atoms with Crippen molar-refractivity contribution >= 4 is 5.91 Å². The van der Waals surface area contributed by atoms with Crippen molar-refractivity contribution in [2.45, 2.75) is 19.9 Å². The van der Waals surface area contributed by atoms with Gasteiger partial charge in [-0.2, -0.15) is 5.26 Å². The van der Waals surface area contributed by atoms with Crippen LogP contribution in [0.5, 0.6) is 5.75 Å². The molecule has 0 aliphatic carbocycles. The van der Waals surface area contributed by atoms with E-state index in [0.29, 0.717) is 6.54 Å². The van der Waals surface area contributed by atoms with Gasteiger partial charge in [-0.1, -0.05) is 13.0 Å². The second kappa shape index (κ2) is 8.88. The second-order valence-electron chi connectivity index (χ2n) is 4.09. The van der Waals surface area contributed by atoms with E-state index in [2.05, 4.69) is 10.6 Å². The molecule has 0 radical (unpaired) electrons. The molecular weight excluding hydrogens is 261 g/mol. The van der Waals surface area contributed by atoms with E-state index in [4.69, 9.17) is 10.00 Å². The Balaban J connectivity index is 2.44. The molecule has 1 rings (SSSR count). The Morgan fingerprint density at radius 1 is 1.50 bits per heavy atom. The van der Waals surface area contributed by atoms with Crippen LogP contribution in [0.4, 0.5) is 4.39 Å². The van der Waals surface area contributed by atoms with Gasteiger partial charge in [0.05, 0.1) is 12.5 Å². The summed E-state index contributed by atoms with van der Waals surface area (Å²) < 4.78 is 18.8. The maximum absolute atomic E-state index is 13.7. The highest BCUT2D eigenvalue weighted by Gasteiger charge is 2.07. The molecule has 5 nitrogen and oxygen atoms in total. The van der Waals surface area contributed by atoms with Gasteiger partial charge in [0, 0.05) is 13.1 Å². The number of halogens is 1. The molecule has 108 valence electrons. The van der Waals surface area contributed by atoms with Crippen LogP contribution in [-0.4, -0.2) is 25.6 Å². The largest absolute Gasteiger partial charge is 0.481 e. The summed E-state index contributed by atoms with van der Waals surface area (Å²) in [7, 11) is 0. The predicted octanol–water partition coefficient (Wildman–Crippen LogP) is 1.34. The summed E-state index contributed by atoms with van der Waals surface area (Å²) in [5.74, 6) is -0.831. The first-order valence-corrected chi connectivity index (χ1v) is 6.43. The van der Waals surface area contributed by atoms with E-state index in [-0.39, 0.29) is 31.2 Å². The number of benzene rings is 1. The summed E-state index contributed by atoms with van der Waals surface area (Å²) in [6, 6.07) is 6.54. The van der Waals surface area contributed by atoms with Crippen molar-refractivity contribution in [1.29, 1.82) is 5.26 Å². The Kier molecular flexibility index (Phi) is 7.07. The Hall–Kier alpha value is -2.13. The van der Waals surface area contributed by atoms with Crippen LogP contribution in [0.25, 0.3) is 0 Å². The zero-order valence-electron chi connectivity index (χ0n) is 11.4. The van der Waals surface area contributed by atoms with Crippen LogP contribution in [0.3, 0.4) is 0 Å². The van der Waals surface area contributed by atoms with E-state index in [1.807, 2.05) is 13.0 Å². The van der Waals surface area contributed by atoms with E-state index < -0.39 is 5.82 Å². The molecule has 1 aromatic carbocycles. The number of nitrogens with one attached hydrogen (secondary N) is 2. The monoisotopic (exact) mass is 279 g/mol. The van der Waals surface area contributed by atoms with Crippen molar-refractivity contribution in [1.82, 2.24) is 10.6 Å². The fraction of sp³-hybridized carbons (Fsp3) is 0.429. The summed E-state index contributed by atoms with van der Waals surface area (Å²) in [5, 5.41) is 13.9. The molecule has 6 heteroatoms. The summed E-state index contributed by atoms with van der Waals surface area (Å²) in [6.45, 7) is 3.36. The molecule has 1 aromatic rings. The van der Waals surface area contributed by atoms with Gasteiger partial charge in [0.2, 0.25) is 0 Å². The fourth-order valence-corrected chi connectivity index (χ4v) is 1.49. The van der Waals surface area contributed by atoms with Crippen LogP contribution in [-0.2, 0) is 11.3 Å². The van der Waals surface area contributed by atoms with Crippen LogP contribution in [0.2, 0.25) is 0 Å². The zero-order chi connectivity index (χ0) is 14.8. The molecule has 0 aliphatic heterocycles. The number of nitriles is 1. The first kappa shape index (κ1) is 15.9. The SMILES string of the molecule is CCNCc1ccc(OCC(=O)NCCC#N)c(F)c1. The molecule has 0 aliphatic rings. The molecule has 0 fully saturated rings. The third kappa shape index (κ3) is 5.67. The maximum Gasteiger partial charge on any atom is 0.257 e. The number of nitrogens with zero attached hydrogens (tertiary/aromatic N) is 1. The molecule has 2 N–H and O–H groups in total. The molecule has 0 saturated heterocycles. The number of ether oxygens (including phenoxy) is 1. The van der Waals surface area contributed by atoms with Gasteiger partial charge in [0.25, 0.3) is 5.91 Å². The number of rotatable bonds is 8. The van der Waals surface area contributed by atoms with Gasteiger partial charge in [0.15, 0.2) is 18.2 Å². The topological polar surface area (TPSA) is 74.2 Å². The van der Waals surface area contributed by atoms with E-state index in [0.717, 1.165) is 12.1 Å². The highest BCUT2D eigenvalue weighted by Crippen LogP contribution is 2.18. The third-order valence-electron chi connectivity index (χ3n) is 2.49. The zero-order valence-corrected chi connectivity index (χ0v) is 11.4. The molecule has 0 spiro atoms. The molecule has 0 saturated carbocycles. The molecule has 0 heterocycles. The Morgan fingerprint density at radius 3 is 2.95 bits per heavy atom. The molecular formula is C14H18FN3O2. The van der Waals surface area contributed by atoms with E-state index in [1.54, 1.807) is 6.07 Å². The van der Waals surface area contributed by atoms with Crippen molar-refractivity contribution in [3.63, 3.8) is 0 Å². The highest BCUT2D eigenvalue weighted by atomic mass is 19.1. The van der Waals surface area contributed by atoms with Gasteiger partial charge in [-0.15, -0.1) is 0 Å². The Morgan fingerprint density at radius 2 is 2.30 bits per heavy atom. The highest BCUT2D eigenvalue weighted by molar-refractivity contribution is 5.77. The molecule has 20 heavy (non-hydrogen) atoms. The minimum Gasteiger partial charge on any atom is -0.481 e. The van der Waals surface area contributed by atoms with Crippen LogP contribution in [0.15, 0.2) is 18.2 Å². The lowest BCUT2D eigenvalue weighted by Crippen LogP contribution is -2.29. The van der Waals surface area contributed by atoms with Gasteiger partial charge in [0.1, 0.15) is 0 Å². The Labute approximate surface area is 117 Å². The minimum absolute atomic E-state index is 0.0423. The van der Waals surface area contributed by atoms with Crippen molar-refractivity contribution < 1.29 is 13.9 Å². The molecule has 0 bridgehead atoms. The van der Waals surface area contributed by atoms with Gasteiger partial charge >= 0.3 is 0 Å². The van der Waals surface area contributed by atoms with Crippen molar-refractivity contribution in [2.75, 3.05) is 19.7 Å². The van der Waals surface area contributed by atoms with Gasteiger partial charge < -0.3 is 15.4 Å². The standard InChI is InChI=1S/C14H18FN3O2/c1-2-17-9-11-4-5-13(12(15)8-11)20-10-14(19)18-7-3-6-16/h4-5,8,17H,2-3,7,9-10H2,1H3,(H,18,19). The average molecular weight is 279 g/mol. The summed E-state index contributed by atoms with van der Waals surface area (Å²) in [5.41, 5.74) is 0.815. The fourth-order valence-electron chi connectivity index (χ4n) is 1.49. The van der Waals surface area contributed by atoms with Crippen LogP contribution in [0.1, 0.15) is 18.9 Å². The molecule has 0 unspecified atom stereocenters. The molecule has 0 atom stereocenters.